The van der Waals surface area contributed by atoms with Gasteiger partial charge < -0.3 is 9.64 Å². The molecule has 1 amide bonds. The zero-order valence-electron chi connectivity index (χ0n) is 13.3. The molecule has 0 saturated carbocycles. The molecule has 1 atom stereocenters. The van der Waals surface area contributed by atoms with E-state index in [1.54, 1.807) is 11.8 Å². The van der Waals surface area contributed by atoms with Gasteiger partial charge in [-0.3, -0.25) is 0 Å². The molecule has 4 nitrogen and oxygen atoms in total. The molecule has 0 bridgehead atoms. The Morgan fingerprint density at radius 1 is 1.52 bits per heavy atom. The van der Waals surface area contributed by atoms with Crippen molar-refractivity contribution in [3.05, 3.63) is 23.9 Å². The quantitative estimate of drug-likeness (QED) is 0.782. The minimum absolute atomic E-state index is 0.0857. The molecule has 2 heterocycles. The van der Waals surface area contributed by atoms with Crippen LogP contribution in [0.4, 0.5) is 4.79 Å². The van der Waals surface area contributed by atoms with E-state index in [1.165, 1.54) is 0 Å². The van der Waals surface area contributed by atoms with Gasteiger partial charge >= 0.3 is 6.09 Å². The first-order valence-corrected chi connectivity index (χ1v) is 8.48. The van der Waals surface area contributed by atoms with Crippen LogP contribution in [-0.2, 0) is 4.74 Å². The van der Waals surface area contributed by atoms with Gasteiger partial charge in [0.2, 0.25) is 0 Å². The summed E-state index contributed by atoms with van der Waals surface area (Å²) in [6.45, 7) is 8.57. The van der Waals surface area contributed by atoms with Gasteiger partial charge in [0, 0.05) is 18.3 Å². The topological polar surface area (TPSA) is 42.4 Å². The number of thioether (sulfide) groups is 1. The van der Waals surface area contributed by atoms with Crippen LogP contribution in [0.3, 0.4) is 0 Å². The van der Waals surface area contributed by atoms with Crippen LogP contribution in [0.25, 0.3) is 0 Å². The highest BCUT2D eigenvalue weighted by molar-refractivity contribution is 7.99. The summed E-state index contributed by atoms with van der Waals surface area (Å²) in [6, 6.07) is 4.11. The average Bonchev–Trinajstić information content (AvgIpc) is 2.87. The summed E-state index contributed by atoms with van der Waals surface area (Å²) in [6.07, 6.45) is 3.58. The molecule has 0 N–H and O–H groups in total. The second-order valence-corrected chi connectivity index (χ2v) is 7.42. The highest BCUT2D eigenvalue weighted by atomic mass is 32.2. The second-order valence-electron chi connectivity index (χ2n) is 6.16. The van der Waals surface area contributed by atoms with Crippen molar-refractivity contribution in [1.82, 2.24) is 9.88 Å². The van der Waals surface area contributed by atoms with Crippen LogP contribution < -0.4 is 0 Å². The Hall–Kier alpha value is -1.23. The van der Waals surface area contributed by atoms with Gasteiger partial charge in [0.15, 0.2) is 0 Å². The SMILES string of the molecule is CCSc1ncccc1C1CCCN1C(=O)OC(C)(C)C. The Labute approximate surface area is 131 Å². The van der Waals surface area contributed by atoms with E-state index in [1.807, 2.05) is 37.9 Å². The van der Waals surface area contributed by atoms with Gasteiger partial charge in [0.25, 0.3) is 0 Å². The van der Waals surface area contributed by atoms with E-state index in [0.29, 0.717) is 0 Å². The molecule has 21 heavy (non-hydrogen) atoms. The molecule has 0 spiro atoms. The van der Waals surface area contributed by atoms with Gasteiger partial charge in [-0.05, 0) is 45.4 Å². The molecule has 1 aromatic rings. The molecule has 0 radical (unpaired) electrons. The standard InChI is InChI=1S/C16H24N2O2S/c1-5-21-14-12(8-6-10-17-14)13-9-7-11-18(13)15(19)20-16(2,3)4/h6,8,10,13H,5,7,9,11H2,1-4H3. The van der Waals surface area contributed by atoms with Crippen molar-refractivity contribution in [2.24, 2.45) is 0 Å². The number of nitrogens with zero attached hydrogens (tertiary/aromatic N) is 2. The second kappa shape index (κ2) is 6.69. The molecule has 5 heteroatoms. The zero-order valence-corrected chi connectivity index (χ0v) is 14.1. The lowest BCUT2D eigenvalue weighted by molar-refractivity contribution is 0.0222. The average molecular weight is 308 g/mol. The fourth-order valence-corrected chi connectivity index (χ4v) is 3.32. The maximum atomic E-state index is 12.4. The van der Waals surface area contributed by atoms with E-state index in [-0.39, 0.29) is 12.1 Å². The molecule has 1 aliphatic heterocycles. The van der Waals surface area contributed by atoms with E-state index in [0.717, 1.165) is 35.7 Å². The van der Waals surface area contributed by atoms with Gasteiger partial charge in [-0.15, -0.1) is 11.8 Å². The molecule has 1 unspecified atom stereocenters. The molecule has 1 aromatic heterocycles. The number of carbonyl (C=O) groups is 1. The fourth-order valence-electron chi connectivity index (χ4n) is 2.54. The van der Waals surface area contributed by atoms with Crippen LogP contribution in [0, 0.1) is 0 Å². The van der Waals surface area contributed by atoms with Gasteiger partial charge in [-0.2, -0.15) is 0 Å². The normalized spacial score (nSPS) is 18.9. The number of aromatic nitrogens is 1. The van der Waals surface area contributed by atoms with E-state index >= 15 is 0 Å². The highest BCUT2D eigenvalue weighted by Crippen LogP contribution is 2.37. The largest absolute Gasteiger partial charge is 0.444 e. The maximum Gasteiger partial charge on any atom is 0.410 e. The van der Waals surface area contributed by atoms with E-state index < -0.39 is 5.60 Å². The number of amides is 1. The Bertz CT molecular complexity index is 499. The first-order valence-electron chi connectivity index (χ1n) is 7.49. The van der Waals surface area contributed by atoms with Crippen molar-refractivity contribution < 1.29 is 9.53 Å². The fraction of sp³-hybridized carbons (Fsp3) is 0.625. The molecule has 0 aromatic carbocycles. The van der Waals surface area contributed by atoms with Crippen LogP contribution >= 0.6 is 11.8 Å². The van der Waals surface area contributed by atoms with E-state index in [2.05, 4.69) is 18.0 Å². The summed E-state index contributed by atoms with van der Waals surface area (Å²) in [4.78, 5) is 18.7. The minimum Gasteiger partial charge on any atom is -0.444 e. The predicted molar refractivity (Wildman–Crippen MR) is 85.6 cm³/mol. The van der Waals surface area contributed by atoms with Crippen molar-refractivity contribution >= 4 is 17.9 Å². The third kappa shape index (κ3) is 4.13. The van der Waals surface area contributed by atoms with Gasteiger partial charge in [-0.25, -0.2) is 9.78 Å². The maximum absolute atomic E-state index is 12.4. The highest BCUT2D eigenvalue weighted by Gasteiger charge is 2.34. The molecule has 116 valence electrons. The molecular formula is C16H24N2O2S. The molecule has 1 fully saturated rings. The summed E-state index contributed by atoms with van der Waals surface area (Å²) >= 11 is 1.73. The monoisotopic (exact) mass is 308 g/mol. The summed E-state index contributed by atoms with van der Waals surface area (Å²) < 4.78 is 5.53. The Balaban J connectivity index is 2.21. The Morgan fingerprint density at radius 2 is 2.29 bits per heavy atom. The van der Waals surface area contributed by atoms with Crippen molar-refractivity contribution in [3.8, 4) is 0 Å². The van der Waals surface area contributed by atoms with Crippen LogP contribution in [0.2, 0.25) is 0 Å². The van der Waals surface area contributed by atoms with Gasteiger partial charge in [-0.1, -0.05) is 13.0 Å². The van der Waals surface area contributed by atoms with Crippen molar-refractivity contribution in [3.63, 3.8) is 0 Å². The number of hydrogen-bond acceptors (Lipinski definition) is 4. The number of pyridine rings is 1. The first kappa shape index (κ1) is 16.1. The molecule has 1 saturated heterocycles. The zero-order chi connectivity index (χ0) is 15.5. The molecule has 1 aliphatic rings. The van der Waals surface area contributed by atoms with Crippen molar-refractivity contribution in [2.75, 3.05) is 12.3 Å². The van der Waals surface area contributed by atoms with Gasteiger partial charge in [0.1, 0.15) is 10.6 Å². The summed E-state index contributed by atoms with van der Waals surface area (Å²) in [5, 5.41) is 1.03. The summed E-state index contributed by atoms with van der Waals surface area (Å²) in [5.41, 5.74) is 0.688. The summed E-state index contributed by atoms with van der Waals surface area (Å²) in [7, 11) is 0. The predicted octanol–water partition coefficient (Wildman–Crippen LogP) is 4.27. The molecule has 0 aliphatic carbocycles. The Morgan fingerprint density at radius 3 is 2.95 bits per heavy atom. The number of ether oxygens (including phenoxy) is 1. The third-order valence-corrected chi connectivity index (χ3v) is 4.22. The van der Waals surface area contributed by atoms with Gasteiger partial charge in [0.05, 0.1) is 6.04 Å². The number of likely N-dealkylation sites (tertiary alicyclic amines) is 1. The summed E-state index contributed by atoms with van der Waals surface area (Å²) in [5.74, 6) is 0.975. The van der Waals surface area contributed by atoms with Crippen LogP contribution in [0.1, 0.15) is 52.1 Å². The molecule has 2 rings (SSSR count). The van der Waals surface area contributed by atoms with Crippen LogP contribution in [0.5, 0.6) is 0 Å². The van der Waals surface area contributed by atoms with Crippen LogP contribution in [0.15, 0.2) is 23.4 Å². The van der Waals surface area contributed by atoms with E-state index in [4.69, 9.17) is 4.74 Å². The number of rotatable bonds is 3. The lowest BCUT2D eigenvalue weighted by Crippen LogP contribution is -2.36. The smallest absolute Gasteiger partial charge is 0.410 e. The van der Waals surface area contributed by atoms with Crippen LogP contribution in [-0.4, -0.2) is 33.9 Å². The van der Waals surface area contributed by atoms with E-state index in [9.17, 15) is 4.79 Å². The molecular weight excluding hydrogens is 284 g/mol. The minimum atomic E-state index is -0.458. The Kier molecular flexibility index (Phi) is 5.14. The first-order chi connectivity index (χ1) is 9.92. The number of carbonyl (C=O) groups excluding carboxylic acids is 1. The number of hydrogen-bond donors (Lipinski definition) is 0. The lowest BCUT2D eigenvalue weighted by Gasteiger charge is -2.29. The third-order valence-electron chi connectivity index (χ3n) is 3.32. The van der Waals surface area contributed by atoms with Crippen molar-refractivity contribution in [2.45, 2.75) is 57.2 Å². The lowest BCUT2D eigenvalue weighted by atomic mass is 10.1. The van der Waals surface area contributed by atoms with Crippen molar-refractivity contribution in [1.29, 1.82) is 0 Å².